The summed E-state index contributed by atoms with van der Waals surface area (Å²) >= 11 is 0. The highest BCUT2D eigenvalue weighted by molar-refractivity contribution is 4.85. The second kappa shape index (κ2) is 4.84. The van der Waals surface area contributed by atoms with Gasteiger partial charge in [-0.2, -0.15) is 0 Å². The van der Waals surface area contributed by atoms with Crippen LogP contribution in [-0.2, 0) is 9.47 Å². The van der Waals surface area contributed by atoms with E-state index >= 15 is 0 Å². The number of hydrogen-bond donors (Lipinski definition) is 0. The van der Waals surface area contributed by atoms with Gasteiger partial charge in [0.1, 0.15) is 0 Å². The lowest BCUT2D eigenvalue weighted by Gasteiger charge is -2.38. The molecule has 88 valence electrons. The van der Waals surface area contributed by atoms with Gasteiger partial charge in [-0.3, -0.25) is 0 Å². The molecule has 0 aromatic heterocycles. The molecular formula is C13H24O2. The Morgan fingerprint density at radius 3 is 2.53 bits per heavy atom. The number of ether oxygens (including phenoxy) is 2. The molecule has 2 heteroatoms. The Labute approximate surface area is 93.3 Å². The van der Waals surface area contributed by atoms with E-state index in [0.717, 1.165) is 19.3 Å². The fourth-order valence-electron chi connectivity index (χ4n) is 2.91. The Balaban J connectivity index is 1.91. The van der Waals surface area contributed by atoms with E-state index in [1.54, 1.807) is 0 Å². The Morgan fingerprint density at radius 1 is 1.07 bits per heavy atom. The second-order valence-corrected chi connectivity index (χ2v) is 5.02. The molecule has 2 aliphatic heterocycles. The highest BCUT2D eigenvalue weighted by atomic mass is 16.7. The Morgan fingerprint density at radius 2 is 1.87 bits per heavy atom. The van der Waals surface area contributed by atoms with Gasteiger partial charge in [0.05, 0.1) is 12.2 Å². The zero-order valence-electron chi connectivity index (χ0n) is 10.1. The van der Waals surface area contributed by atoms with E-state index in [9.17, 15) is 0 Å². The predicted octanol–water partition coefficient (Wildman–Crippen LogP) is 3.64. The van der Waals surface area contributed by atoms with Gasteiger partial charge in [0.2, 0.25) is 0 Å². The quantitative estimate of drug-likeness (QED) is 0.711. The van der Waals surface area contributed by atoms with Crippen LogP contribution in [0.25, 0.3) is 0 Å². The minimum absolute atomic E-state index is 0.182. The maximum atomic E-state index is 6.19. The van der Waals surface area contributed by atoms with E-state index in [1.807, 2.05) is 0 Å². The number of hydrogen-bond acceptors (Lipinski definition) is 2. The van der Waals surface area contributed by atoms with Gasteiger partial charge in [0, 0.05) is 12.8 Å². The number of rotatable bonds is 3. The first-order chi connectivity index (χ1) is 7.28. The molecule has 2 aliphatic rings. The van der Waals surface area contributed by atoms with Crippen molar-refractivity contribution >= 4 is 0 Å². The van der Waals surface area contributed by atoms with Gasteiger partial charge >= 0.3 is 0 Å². The molecule has 0 aromatic rings. The minimum Gasteiger partial charge on any atom is -0.347 e. The molecule has 1 spiro atoms. The van der Waals surface area contributed by atoms with E-state index in [-0.39, 0.29) is 5.79 Å². The first-order valence-electron chi connectivity index (χ1n) is 6.63. The van der Waals surface area contributed by atoms with Crippen LogP contribution in [0, 0.1) is 0 Å². The summed E-state index contributed by atoms with van der Waals surface area (Å²) in [4.78, 5) is 0. The van der Waals surface area contributed by atoms with Gasteiger partial charge < -0.3 is 9.47 Å². The maximum absolute atomic E-state index is 6.19. The van der Waals surface area contributed by atoms with Crippen molar-refractivity contribution in [1.29, 1.82) is 0 Å². The summed E-state index contributed by atoms with van der Waals surface area (Å²) in [7, 11) is 0. The molecule has 15 heavy (non-hydrogen) atoms. The lowest BCUT2D eigenvalue weighted by atomic mass is 9.96. The summed E-state index contributed by atoms with van der Waals surface area (Å²) in [6.45, 7) is 4.44. The summed E-state index contributed by atoms with van der Waals surface area (Å²) in [6, 6.07) is 0. The Bertz CT molecular complexity index is 203. The molecule has 3 atom stereocenters. The summed E-state index contributed by atoms with van der Waals surface area (Å²) in [5, 5.41) is 0. The van der Waals surface area contributed by atoms with Crippen molar-refractivity contribution in [1.82, 2.24) is 0 Å². The van der Waals surface area contributed by atoms with E-state index in [0.29, 0.717) is 12.2 Å². The van der Waals surface area contributed by atoms with Crippen LogP contribution < -0.4 is 0 Å². The molecule has 0 bridgehead atoms. The van der Waals surface area contributed by atoms with Gasteiger partial charge in [-0.15, -0.1) is 0 Å². The predicted molar refractivity (Wildman–Crippen MR) is 60.8 cm³/mol. The minimum atomic E-state index is -0.182. The summed E-state index contributed by atoms with van der Waals surface area (Å²) in [5.74, 6) is -0.182. The van der Waals surface area contributed by atoms with Crippen LogP contribution >= 0.6 is 0 Å². The van der Waals surface area contributed by atoms with Crippen LogP contribution in [-0.4, -0.2) is 18.0 Å². The van der Waals surface area contributed by atoms with Gasteiger partial charge in [-0.25, -0.2) is 0 Å². The third-order valence-corrected chi connectivity index (χ3v) is 3.76. The molecule has 0 unspecified atom stereocenters. The van der Waals surface area contributed by atoms with Crippen molar-refractivity contribution in [2.24, 2.45) is 0 Å². The van der Waals surface area contributed by atoms with Gasteiger partial charge in [-0.1, -0.05) is 20.3 Å². The SMILES string of the molecule is CCC[C@H]1CCC[C@@]2(CC[C@H](CC)O2)O1. The Kier molecular flexibility index (Phi) is 3.68. The summed E-state index contributed by atoms with van der Waals surface area (Å²) in [6.07, 6.45) is 10.4. The van der Waals surface area contributed by atoms with Crippen molar-refractivity contribution in [3.8, 4) is 0 Å². The fraction of sp³-hybridized carbons (Fsp3) is 1.00. The van der Waals surface area contributed by atoms with Crippen LogP contribution in [0.1, 0.15) is 65.2 Å². The highest BCUT2D eigenvalue weighted by Crippen LogP contribution is 2.41. The zero-order chi connectivity index (χ0) is 10.7. The molecule has 0 aromatic carbocycles. The van der Waals surface area contributed by atoms with E-state index in [2.05, 4.69) is 13.8 Å². The molecule has 0 N–H and O–H groups in total. The van der Waals surface area contributed by atoms with Crippen LogP contribution in [0.4, 0.5) is 0 Å². The molecule has 0 aliphatic carbocycles. The van der Waals surface area contributed by atoms with E-state index in [4.69, 9.17) is 9.47 Å². The van der Waals surface area contributed by atoms with Gasteiger partial charge in [0.15, 0.2) is 5.79 Å². The average molecular weight is 212 g/mol. The molecule has 0 amide bonds. The Hall–Kier alpha value is -0.0800. The zero-order valence-corrected chi connectivity index (χ0v) is 10.1. The first-order valence-corrected chi connectivity index (χ1v) is 6.63. The molecule has 0 radical (unpaired) electrons. The van der Waals surface area contributed by atoms with Crippen molar-refractivity contribution in [3.05, 3.63) is 0 Å². The monoisotopic (exact) mass is 212 g/mol. The summed E-state index contributed by atoms with van der Waals surface area (Å²) < 4.78 is 12.3. The molecule has 2 rings (SSSR count). The molecule has 0 saturated carbocycles. The molecule has 2 nitrogen and oxygen atoms in total. The second-order valence-electron chi connectivity index (χ2n) is 5.02. The summed E-state index contributed by atoms with van der Waals surface area (Å²) in [5.41, 5.74) is 0. The molecular weight excluding hydrogens is 188 g/mol. The lowest BCUT2D eigenvalue weighted by molar-refractivity contribution is -0.270. The van der Waals surface area contributed by atoms with Crippen LogP contribution in [0.15, 0.2) is 0 Å². The van der Waals surface area contributed by atoms with Crippen molar-refractivity contribution in [3.63, 3.8) is 0 Å². The molecule has 2 saturated heterocycles. The molecule has 2 fully saturated rings. The molecule has 2 heterocycles. The third-order valence-electron chi connectivity index (χ3n) is 3.76. The average Bonchev–Trinajstić information content (AvgIpc) is 2.62. The first kappa shape index (κ1) is 11.4. The van der Waals surface area contributed by atoms with Crippen molar-refractivity contribution < 1.29 is 9.47 Å². The topological polar surface area (TPSA) is 18.5 Å². The smallest absolute Gasteiger partial charge is 0.169 e. The van der Waals surface area contributed by atoms with E-state index in [1.165, 1.54) is 32.1 Å². The van der Waals surface area contributed by atoms with Gasteiger partial charge in [-0.05, 0) is 32.1 Å². The highest BCUT2D eigenvalue weighted by Gasteiger charge is 2.43. The third kappa shape index (κ3) is 2.54. The van der Waals surface area contributed by atoms with Crippen molar-refractivity contribution in [2.75, 3.05) is 0 Å². The van der Waals surface area contributed by atoms with Crippen LogP contribution in [0.2, 0.25) is 0 Å². The van der Waals surface area contributed by atoms with Gasteiger partial charge in [0.25, 0.3) is 0 Å². The normalized spacial score (nSPS) is 41.2. The standard InChI is InChI=1S/C13H24O2/c1-3-6-12-7-5-9-13(15-12)10-8-11(4-2)14-13/h11-12H,3-10H2,1-2H3/t11-,12-,13-/m0/s1. The van der Waals surface area contributed by atoms with Crippen molar-refractivity contribution in [2.45, 2.75) is 83.2 Å². The van der Waals surface area contributed by atoms with Crippen LogP contribution in [0.3, 0.4) is 0 Å². The van der Waals surface area contributed by atoms with E-state index < -0.39 is 0 Å². The van der Waals surface area contributed by atoms with Crippen LogP contribution in [0.5, 0.6) is 0 Å². The fourth-order valence-corrected chi connectivity index (χ4v) is 2.91. The maximum Gasteiger partial charge on any atom is 0.169 e. The largest absolute Gasteiger partial charge is 0.347 e. The lowest BCUT2D eigenvalue weighted by Crippen LogP contribution is -2.40.